The maximum Gasteiger partial charge on any atom is 0.269 e. The number of hydrogen-bond acceptors (Lipinski definition) is 3. The Morgan fingerprint density at radius 3 is 3.11 bits per heavy atom. The largest absolute Gasteiger partial charge is 0.396 e. The molecule has 0 fully saturated rings. The smallest absolute Gasteiger partial charge is 0.269 e. The number of hydrogen-bond donors (Lipinski definition) is 2. The molecule has 0 aliphatic heterocycles. The number of aromatic nitrogens is 2. The van der Waals surface area contributed by atoms with E-state index in [9.17, 15) is 4.79 Å². The molecule has 5 heteroatoms. The highest BCUT2D eigenvalue weighted by Gasteiger charge is 2.13. The van der Waals surface area contributed by atoms with Crippen LogP contribution in [0.1, 0.15) is 30.3 Å². The number of imidazole rings is 1. The van der Waals surface area contributed by atoms with Crippen LogP contribution in [-0.2, 0) is 0 Å². The Morgan fingerprint density at radius 2 is 2.37 bits per heavy atom. The minimum absolute atomic E-state index is 0.130. The van der Waals surface area contributed by atoms with Crippen molar-refractivity contribution in [3.8, 4) is 0 Å². The quantitative estimate of drug-likeness (QED) is 0.827. The van der Waals surface area contributed by atoms with Gasteiger partial charge < -0.3 is 10.4 Å². The molecular formula is C14H19N3O2. The molecule has 0 radical (unpaired) electrons. The second-order valence-electron chi connectivity index (χ2n) is 4.57. The molecule has 102 valence electrons. The van der Waals surface area contributed by atoms with Gasteiger partial charge in [0.1, 0.15) is 11.3 Å². The van der Waals surface area contributed by atoms with E-state index in [-0.39, 0.29) is 12.5 Å². The van der Waals surface area contributed by atoms with Crippen molar-refractivity contribution < 1.29 is 9.90 Å². The van der Waals surface area contributed by atoms with Gasteiger partial charge in [-0.3, -0.25) is 9.20 Å². The van der Waals surface area contributed by atoms with Crippen molar-refractivity contribution in [1.82, 2.24) is 14.7 Å². The van der Waals surface area contributed by atoms with E-state index in [1.54, 1.807) is 10.6 Å². The van der Waals surface area contributed by atoms with Crippen molar-refractivity contribution in [2.24, 2.45) is 5.92 Å². The van der Waals surface area contributed by atoms with Gasteiger partial charge in [0.15, 0.2) is 0 Å². The van der Waals surface area contributed by atoms with Gasteiger partial charge in [0.05, 0.1) is 6.20 Å². The Hall–Kier alpha value is -1.88. The van der Waals surface area contributed by atoms with E-state index in [2.05, 4.69) is 17.2 Å². The van der Waals surface area contributed by atoms with Gasteiger partial charge in [-0.25, -0.2) is 4.98 Å². The van der Waals surface area contributed by atoms with Crippen molar-refractivity contribution in [1.29, 1.82) is 0 Å². The zero-order valence-electron chi connectivity index (χ0n) is 11.0. The van der Waals surface area contributed by atoms with Gasteiger partial charge in [0.25, 0.3) is 5.91 Å². The third kappa shape index (κ3) is 3.12. The third-order valence-electron chi connectivity index (χ3n) is 3.32. The first-order valence-corrected chi connectivity index (χ1v) is 6.57. The lowest BCUT2D eigenvalue weighted by Crippen LogP contribution is -2.30. The first kappa shape index (κ1) is 13.5. The Morgan fingerprint density at radius 1 is 1.53 bits per heavy atom. The molecule has 0 aromatic carbocycles. The number of pyridine rings is 1. The molecule has 0 aliphatic carbocycles. The van der Waals surface area contributed by atoms with E-state index >= 15 is 0 Å². The lowest BCUT2D eigenvalue weighted by molar-refractivity contribution is 0.0937. The van der Waals surface area contributed by atoms with E-state index in [0.717, 1.165) is 12.1 Å². The van der Waals surface area contributed by atoms with Crippen LogP contribution in [0, 0.1) is 5.92 Å². The van der Waals surface area contributed by atoms with Crippen molar-refractivity contribution >= 4 is 11.6 Å². The number of carbonyl (C=O) groups excluding carboxylic acids is 1. The van der Waals surface area contributed by atoms with Crippen LogP contribution in [0.25, 0.3) is 5.65 Å². The molecule has 0 bridgehead atoms. The van der Waals surface area contributed by atoms with Crippen LogP contribution in [0.5, 0.6) is 0 Å². The number of carbonyl (C=O) groups is 1. The summed E-state index contributed by atoms with van der Waals surface area (Å²) in [5.41, 5.74) is 1.30. The molecule has 1 unspecified atom stereocenters. The van der Waals surface area contributed by atoms with Gasteiger partial charge in [-0.05, 0) is 24.5 Å². The number of nitrogens with zero attached hydrogens (tertiary/aromatic N) is 2. The first-order chi connectivity index (χ1) is 9.26. The molecule has 2 N–H and O–H groups in total. The predicted octanol–water partition coefficient (Wildman–Crippen LogP) is 1.47. The van der Waals surface area contributed by atoms with Gasteiger partial charge in [0.2, 0.25) is 0 Å². The second-order valence-corrected chi connectivity index (χ2v) is 4.57. The predicted molar refractivity (Wildman–Crippen MR) is 73.0 cm³/mol. The number of amides is 1. The monoisotopic (exact) mass is 261 g/mol. The number of nitrogens with one attached hydrogen (secondary N) is 1. The second kappa shape index (κ2) is 6.33. The fourth-order valence-corrected chi connectivity index (χ4v) is 2.06. The Labute approximate surface area is 112 Å². The van der Waals surface area contributed by atoms with Gasteiger partial charge in [-0.2, -0.15) is 0 Å². The first-order valence-electron chi connectivity index (χ1n) is 6.57. The van der Waals surface area contributed by atoms with Crippen LogP contribution in [0.4, 0.5) is 0 Å². The van der Waals surface area contributed by atoms with Crippen LogP contribution in [-0.4, -0.2) is 33.6 Å². The molecule has 0 saturated heterocycles. The summed E-state index contributed by atoms with van der Waals surface area (Å²) in [5, 5.41) is 11.8. The normalized spacial score (nSPS) is 12.5. The minimum Gasteiger partial charge on any atom is -0.396 e. The number of rotatable bonds is 6. The summed E-state index contributed by atoms with van der Waals surface area (Å²) < 4.78 is 1.77. The van der Waals surface area contributed by atoms with E-state index in [4.69, 9.17) is 5.11 Å². The van der Waals surface area contributed by atoms with Crippen LogP contribution in [0.3, 0.4) is 0 Å². The SMILES string of the molecule is CCC(CCO)CNC(=O)c1cnc2ccccn12. The Bertz CT molecular complexity index is 550. The fraction of sp³-hybridized carbons (Fsp3) is 0.429. The van der Waals surface area contributed by atoms with Gasteiger partial charge in [-0.1, -0.05) is 19.4 Å². The summed E-state index contributed by atoms with van der Waals surface area (Å²) in [4.78, 5) is 16.3. The topological polar surface area (TPSA) is 66.6 Å². The molecule has 2 aromatic rings. The summed E-state index contributed by atoms with van der Waals surface area (Å²) >= 11 is 0. The highest BCUT2D eigenvalue weighted by atomic mass is 16.3. The third-order valence-corrected chi connectivity index (χ3v) is 3.32. The average Bonchev–Trinajstić information content (AvgIpc) is 2.87. The lowest BCUT2D eigenvalue weighted by Gasteiger charge is -2.14. The molecule has 2 rings (SSSR count). The summed E-state index contributed by atoms with van der Waals surface area (Å²) in [5.74, 6) is 0.184. The highest BCUT2D eigenvalue weighted by molar-refractivity contribution is 5.93. The van der Waals surface area contributed by atoms with Gasteiger partial charge in [-0.15, -0.1) is 0 Å². The van der Waals surface area contributed by atoms with Crippen LogP contribution < -0.4 is 5.32 Å². The molecule has 1 atom stereocenters. The average molecular weight is 261 g/mol. The van der Waals surface area contributed by atoms with Crippen molar-refractivity contribution in [2.45, 2.75) is 19.8 Å². The van der Waals surface area contributed by atoms with Crippen LogP contribution in [0.15, 0.2) is 30.6 Å². The van der Waals surface area contributed by atoms with E-state index in [1.165, 1.54) is 0 Å². The Balaban J connectivity index is 2.04. The molecule has 2 heterocycles. The molecule has 0 spiro atoms. The zero-order valence-corrected chi connectivity index (χ0v) is 11.0. The van der Waals surface area contributed by atoms with Crippen molar-refractivity contribution in [3.05, 3.63) is 36.3 Å². The number of aliphatic hydroxyl groups excluding tert-OH is 1. The molecule has 19 heavy (non-hydrogen) atoms. The Kier molecular flexibility index (Phi) is 4.52. The van der Waals surface area contributed by atoms with E-state index in [0.29, 0.717) is 24.6 Å². The standard InChI is InChI=1S/C14H19N3O2/c1-2-11(6-8-18)9-16-14(19)12-10-15-13-5-3-4-7-17(12)13/h3-5,7,10-11,18H,2,6,8-9H2,1H3,(H,16,19). The zero-order chi connectivity index (χ0) is 13.7. The summed E-state index contributed by atoms with van der Waals surface area (Å²) in [7, 11) is 0. The molecular weight excluding hydrogens is 242 g/mol. The molecule has 5 nitrogen and oxygen atoms in total. The number of aliphatic hydroxyl groups is 1. The summed E-state index contributed by atoms with van der Waals surface area (Å²) in [6, 6.07) is 5.61. The number of fused-ring (bicyclic) bond motifs is 1. The summed E-state index contributed by atoms with van der Waals surface area (Å²) in [6.07, 6.45) is 5.05. The maximum atomic E-state index is 12.1. The van der Waals surface area contributed by atoms with Crippen molar-refractivity contribution in [2.75, 3.05) is 13.2 Å². The molecule has 1 amide bonds. The van der Waals surface area contributed by atoms with Crippen LogP contribution >= 0.6 is 0 Å². The van der Waals surface area contributed by atoms with Gasteiger partial charge in [0, 0.05) is 19.3 Å². The van der Waals surface area contributed by atoms with E-state index in [1.807, 2.05) is 24.4 Å². The van der Waals surface area contributed by atoms with Crippen LogP contribution in [0.2, 0.25) is 0 Å². The fourth-order valence-electron chi connectivity index (χ4n) is 2.06. The molecule has 0 aliphatic rings. The molecule has 0 saturated carbocycles. The minimum atomic E-state index is -0.130. The van der Waals surface area contributed by atoms with Gasteiger partial charge >= 0.3 is 0 Å². The van der Waals surface area contributed by atoms with E-state index < -0.39 is 0 Å². The maximum absolute atomic E-state index is 12.1. The highest BCUT2D eigenvalue weighted by Crippen LogP contribution is 2.08. The summed E-state index contributed by atoms with van der Waals surface area (Å²) in [6.45, 7) is 2.79. The molecule has 2 aromatic heterocycles. The lowest BCUT2D eigenvalue weighted by atomic mass is 10.0. The van der Waals surface area contributed by atoms with Crippen molar-refractivity contribution in [3.63, 3.8) is 0 Å².